The first-order chi connectivity index (χ1) is 14.1. The number of hydrogen-bond acceptors (Lipinski definition) is 6. The van der Waals surface area contributed by atoms with E-state index < -0.39 is 0 Å². The average Bonchev–Trinajstić information content (AvgIpc) is 2.74. The lowest BCUT2D eigenvalue weighted by Gasteiger charge is -2.14. The number of carbonyl (C=O) groups excluding carboxylic acids is 1. The number of halogens is 1. The van der Waals surface area contributed by atoms with Crippen LogP contribution in [-0.2, 0) is 0 Å². The molecule has 0 aliphatic carbocycles. The molecular formula is C21H17ClN6O. The molecule has 0 saturated heterocycles. The second kappa shape index (κ2) is 8.04. The largest absolute Gasteiger partial charge is 0.393 e. The van der Waals surface area contributed by atoms with Crippen LogP contribution in [0.3, 0.4) is 0 Å². The van der Waals surface area contributed by atoms with Gasteiger partial charge in [-0.3, -0.25) is 15.6 Å². The Kier molecular flexibility index (Phi) is 5.13. The lowest BCUT2D eigenvalue weighted by molar-refractivity contribution is 0.0962. The summed E-state index contributed by atoms with van der Waals surface area (Å²) < 4.78 is 0. The van der Waals surface area contributed by atoms with Crippen LogP contribution >= 0.6 is 11.6 Å². The first kappa shape index (κ1) is 18.5. The van der Waals surface area contributed by atoms with Crippen molar-refractivity contribution < 1.29 is 4.79 Å². The lowest BCUT2D eigenvalue weighted by atomic mass is 10.1. The van der Waals surface area contributed by atoms with Crippen molar-refractivity contribution in [2.75, 3.05) is 16.5 Å². The summed E-state index contributed by atoms with van der Waals surface area (Å²) >= 11 is 5.92. The maximum absolute atomic E-state index is 12.3. The SMILES string of the molecule is Nc1c(NNC(=O)c2cccc(Cl)c2)ncnc1Nc1cccc2ccccc12. The van der Waals surface area contributed by atoms with Crippen LogP contribution in [0.25, 0.3) is 10.8 Å². The van der Waals surface area contributed by atoms with Crippen LogP contribution in [0.4, 0.5) is 23.0 Å². The standard InChI is InChI=1S/C21H17ClN6O/c22-15-8-3-7-14(11-15)21(29)28-27-20-18(23)19(24-12-25-20)26-17-10-4-6-13-5-1-2-9-16(13)17/h1-12H,23H2,(H,28,29)(H2,24,25,26,27). The molecule has 3 aromatic carbocycles. The molecule has 0 bridgehead atoms. The van der Waals surface area contributed by atoms with Crippen LogP contribution in [0.1, 0.15) is 10.4 Å². The van der Waals surface area contributed by atoms with Gasteiger partial charge in [0.1, 0.15) is 12.0 Å². The van der Waals surface area contributed by atoms with Crippen molar-refractivity contribution in [1.29, 1.82) is 0 Å². The Morgan fingerprint density at radius 1 is 0.931 bits per heavy atom. The van der Waals surface area contributed by atoms with Gasteiger partial charge in [-0.1, -0.05) is 54.1 Å². The van der Waals surface area contributed by atoms with Crippen molar-refractivity contribution >= 4 is 51.3 Å². The van der Waals surface area contributed by atoms with Crippen LogP contribution in [0, 0.1) is 0 Å². The minimum atomic E-state index is -0.367. The molecule has 0 fully saturated rings. The van der Waals surface area contributed by atoms with Crippen LogP contribution in [0.2, 0.25) is 5.02 Å². The van der Waals surface area contributed by atoms with Crippen molar-refractivity contribution in [3.63, 3.8) is 0 Å². The van der Waals surface area contributed by atoms with E-state index in [0.29, 0.717) is 16.4 Å². The number of aromatic nitrogens is 2. The van der Waals surface area contributed by atoms with Gasteiger partial charge in [0, 0.05) is 21.7 Å². The molecule has 0 spiro atoms. The minimum absolute atomic E-state index is 0.270. The van der Waals surface area contributed by atoms with Crippen LogP contribution in [-0.4, -0.2) is 15.9 Å². The highest BCUT2D eigenvalue weighted by atomic mass is 35.5. The van der Waals surface area contributed by atoms with E-state index in [-0.39, 0.29) is 17.4 Å². The lowest BCUT2D eigenvalue weighted by Crippen LogP contribution is -2.30. The van der Waals surface area contributed by atoms with Gasteiger partial charge >= 0.3 is 0 Å². The summed E-state index contributed by atoms with van der Waals surface area (Å²) in [6, 6.07) is 20.5. The van der Waals surface area contributed by atoms with Gasteiger partial charge in [0.25, 0.3) is 5.91 Å². The number of nitrogens with one attached hydrogen (secondary N) is 3. The van der Waals surface area contributed by atoms with Gasteiger partial charge < -0.3 is 11.1 Å². The molecule has 0 aliphatic rings. The fourth-order valence-electron chi connectivity index (χ4n) is 2.87. The maximum atomic E-state index is 12.3. The summed E-state index contributed by atoms with van der Waals surface area (Å²) in [4.78, 5) is 20.6. The molecule has 0 aliphatic heterocycles. The molecule has 8 heteroatoms. The number of rotatable bonds is 5. The fourth-order valence-corrected chi connectivity index (χ4v) is 3.06. The molecule has 0 radical (unpaired) electrons. The second-order valence-electron chi connectivity index (χ2n) is 6.23. The summed E-state index contributed by atoms with van der Waals surface area (Å²) in [5.74, 6) is 0.336. The number of nitrogens with zero attached hydrogens (tertiary/aromatic N) is 2. The van der Waals surface area contributed by atoms with Crippen molar-refractivity contribution in [3.8, 4) is 0 Å². The van der Waals surface area contributed by atoms with Gasteiger partial charge in [-0.05, 0) is 29.7 Å². The molecule has 29 heavy (non-hydrogen) atoms. The van der Waals surface area contributed by atoms with E-state index in [1.165, 1.54) is 6.33 Å². The van der Waals surface area contributed by atoms with E-state index in [2.05, 4.69) is 26.1 Å². The van der Waals surface area contributed by atoms with Crippen LogP contribution in [0.5, 0.6) is 0 Å². The third kappa shape index (κ3) is 4.04. The number of hydrazine groups is 1. The van der Waals surface area contributed by atoms with Crippen molar-refractivity contribution in [2.45, 2.75) is 0 Å². The molecule has 1 aromatic heterocycles. The second-order valence-corrected chi connectivity index (χ2v) is 6.66. The van der Waals surface area contributed by atoms with E-state index in [4.69, 9.17) is 17.3 Å². The van der Waals surface area contributed by atoms with E-state index in [1.807, 2.05) is 42.5 Å². The number of fused-ring (bicyclic) bond motifs is 1. The van der Waals surface area contributed by atoms with E-state index in [1.54, 1.807) is 24.3 Å². The van der Waals surface area contributed by atoms with Crippen LogP contribution < -0.4 is 21.9 Å². The smallest absolute Gasteiger partial charge is 0.269 e. The number of hydrogen-bond donors (Lipinski definition) is 4. The number of amides is 1. The van der Waals surface area contributed by atoms with Gasteiger partial charge in [-0.2, -0.15) is 0 Å². The van der Waals surface area contributed by atoms with Gasteiger partial charge in [-0.15, -0.1) is 0 Å². The van der Waals surface area contributed by atoms with Gasteiger partial charge in [0.15, 0.2) is 11.6 Å². The molecule has 4 aromatic rings. The highest BCUT2D eigenvalue weighted by molar-refractivity contribution is 6.31. The first-order valence-corrected chi connectivity index (χ1v) is 9.17. The van der Waals surface area contributed by atoms with Crippen molar-refractivity contribution in [1.82, 2.24) is 15.4 Å². The predicted octanol–water partition coefficient (Wildman–Crippen LogP) is 4.37. The molecule has 1 amide bonds. The third-order valence-electron chi connectivity index (χ3n) is 4.31. The Bertz CT molecular complexity index is 1190. The number of anilines is 4. The normalized spacial score (nSPS) is 10.5. The number of carbonyl (C=O) groups is 1. The molecular weight excluding hydrogens is 388 g/mol. The average molecular weight is 405 g/mol. The Hall–Kier alpha value is -3.84. The summed E-state index contributed by atoms with van der Waals surface area (Å²) in [5.41, 5.74) is 13.0. The molecule has 7 nitrogen and oxygen atoms in total. The Morgan fingerprint density at radius 2 is 1.69 bits per heavy atom. The van der Waals surface area contributed by atoms with Gasteiger partial charge in [0.2, 0.25) is 0 Å². The quantitative estimate of drug-likeness (QED) is 0.368. The Labute approximate surface area is 171 Å². The molecule has 144 valence electrons. The number of nitrogens with two attached hydrogens (primary N) is 1. The number of benzene rings is 3. The summed E-state index contributed by atoms with van der Waals surface area (Å²) in [6.07, 6.45) is 1.36. The molecule has 0 saturated carbocycles. The predicted molar refractivity (Wildman–Crippen MR) is 116 cm³/mol. The number of nitrogen functional groups attached to an aromatic ring is 1. The van der Waals surface area contributed by atoms with Gasteiger partial charge in [-0.25, -0.2) is 9.97 Å². The van der Waals surface area contributed by atoms with E-state index in [0.717, 1.165) is 16.5 Å². The zero-order valence-corrected chi connectivity index (χ0v) is 15.9. The third-order valence-corrected chi connectivity index (χ3v) is 4.54. The minimum Gasteiger partial charge on any atom is -0.393 e. The topological polar surface area (TPSA) is 105 Å². The zero-order chi connectivity index (χ0) is 20.2. The molecule has 0 unspecified atom stereocenters. The molecule has 4 rings (SSSR count). The molecule has 5 N–H and O–H groups in total. The van der Waals surface area contributed by atoms with Gasteiger partial charge in [0.05, 0.1) is 0 Å². The van der Waals surface area contributed by atoms with Crippen molar-refractivity contribution in [2.24, 2.45) is 0 Å². The summed E-state index contributed by atoms with van der Waals surface area (Å²) in [6.45, 7) is 0. The van der Waals surface area contributed by atoms with E-state index >= 15 is 0 Å². The molecule has 0 atom stereocenters. The molecule has 1 heterocycles. The first-order valence-electron chi connectivity index (χ1n) is 8.79. The fraction of sp³-hybridized carbons (Fsp3) is 0. The Morgan fingerprint density at radius 3 is 2.55 bits per heavy atom. The van der Waals surface area contributed by atoms with E-state index in [9.17, 15) is 4.79 Å². The maximum Gasteiger partial charge on any atom is 0.269 e. The monoisotopic (exact) mass is 404 g/mol. The summed E-state index contributed by atoms with van der Waals surface area (Å²) in [7, 11) is 0. The van der Waals surface area contributed by atoms with Crippen LogP contribution in [0.15, 0.2) is 73.1 Å². The highest BCUT2D eigenvalue weighted by Gasteiger charge is 2.11. The zero-order valence-electron chi connectivity index (χ0n) is 15.2. The van der Waals surface area contributed by atoms with Crippen molar-refractivity contribution in [3.05, 3.63) is 83.6 Å². The highest BCUT2D eigenvalue weighted by Crippen LogP contribution is 2.29. The summed E-state index contributed by atoms with van der Waals surface area (Å²) in [5, 5.41) is 5.84. The Balaban J connectivity index is 1.54.